The fourth-order valence-corrected chi connectivity index (χ4v) is 5.89. The molecule has 6 nitrogen and oxygen atoms in total. The van der Waals surface area contributed by atoms with Crippen LogP contribution in [-0.4, -0.2) is 48.3 Å². The second-order valence-electron chi connectivity index (χ2n) is 10.7. The van der Waals surface area contributed by atoms with Crippen LogP contribution < -0.4 is 21.2 Å². The molecule has 41 heavy (non-hydrogen) atoms. The van der Waals surface area contributed by atoms with Crippen LogP contribution in [0.1, 0.15) is 52.7 Å². The van der Waals surface area contributed by atoms with Gasteiger partial charge >= 0.3 is 53.7 Å². The van der Waals surface area contributed by atoms with E-state index in [1.165, 1.54) is 18.3 Å². The van der Waals surface area contributed by atoms with Crippen LogP contribution in [0, 0.1) is 7.14 Å². The second kappa shape index (κ2) is 11.8. The van der Waals surface area contributed by atoms with Crippen LogP contribution >= 0.6 is 0 Å². The average molecular weight is 754 g/mol. The molecule has 0 unspecified atom stereocenters. The molecule has 0 aromatic heterocycles. The standard InChI is InChI=1S/C20H26I.C4H2F8O6S2/c1-19(2,3)15-7-11-17(12-8-15)21-18-13-9-16(10-14-18)20(4,5)6;5-1(6,3(9,10)19(13,14)15)2(7,8)4(11,12)20(16,17)18/h7-14H,1-6H3;(H,13,14,15)(H,16,17,18)/q+1;/p-1. The molecule has 0 bridgehead atoms. The minimum Gasteiger partial charge on any atom is -0.743 e. The van der Waals surface area contributed by atoms with Crippen LogP contribution in [0.15, 0.2) is 48.5 Å². The van der Waals surface area contributed by atoms with Gasteiger partial charge in [0.2, 0.25) is 0 Å². The number of benzene rings is 2. The molecule has 0 atom stereocenters. The maximum atomic E-state index is 12.6. The molecule has 234 valence electrons. The van der Waals surface area contributed by atoms with Crippen molar-refractivity contribution in [1.82, 2.24) is 0 Å². The van der Waals surface area contributed by atoms with Gasteiger partial charge in [-0.1, -0.05) is 65.8 Å². The summed E-state index contributed by atoms with van der Waals surface area (Å²) in [6.45, 7) is 13.6. The average Bonchev–Trinajstić information content (AvgIpc) is 2.77. The molecule has 2 aromatic carbocycles. The van der Waals surface area contributed by atoms with E-state index in [9.17, 15) is 56.5 Å². The topological polar surface area (TPSA) is 112 Å². The molecule has 0 heterocycles. The van der Waals surface area contributed by atoms with Crippen molar-refractivity contribution < 1.29 is 82.3 Å². The maximum Gasteiger partial charge on any atom is 0.438 e. The van der Waals surface area contributed by atoms with Crippen LogP contribution in [0.3, 0.4) is 0 Å². The van der Waals surface area contributed by atoms with Crippen LogP contribution in [-0.2, 0) is 31.1 Å². The lowest BCUT2D eigenvalue weighted by atomic mass is 9.87. The van der Waals surface area contributed by atoms with Gasteiger partial charge < -0.3 is 4.55 Å². The maximum absolute atomic E-state index is 12.6. The molecule has 0 aliphatic rings. The third-order valence-electron chi connectivity index (χ3n) is 5.40. The predicted octanol–water partition coefficient (Wildman–Crippen LogP) is 3.29. The third kappa shape index (κ3) is 8.08. The van der Waals surface area contributed by atoms with E-state index in [1.54, 1.807) is 0 Å². The van der Waals surface area contributed by atoms with Gasteiger partial charge in [0.25, 0.3) is 0 Å². The Hall–Kier alpha value is -1.57. The number of rotatable bonds is 7. The van der Waals surface area contributed by atoms with E-state index in [0.29, 0.717) is 0 Å². The van der Waals surface area contributed by atoms with Gasteiger partial charge in [-0.15, -0.1) is 0 Å². The van der Waals surface area contributed by atoms with Crippen molar-refractivity contribution in [2.45, 2.75) is 74.7 Å². The number of alkyl halides is 8. The molecule has 2 aromatic rings. The van der Waals surface area contributed by atoms with Gasteiger partial charge in [0.15, 0.2) is 17.3 Å². The zero-order valence-corrected chi connectivity index (χ0v) is 26.1. The van der Waals surface area contributed by atoms with Crippen LogP contribution in [0.25, 0.3) is 0 Å². The van der Waals surface area contributed by atoms with Gasteiger partial charge in [-0.3, -0.25) is 4.55 Å². The van der Waals surface area contributed by atoms with Crippen molar-refractivity contribution in [2.75, 3.05) is 0 Å². The summed E-state index contributed by atoms with van der Waals surface area (Å²) in [7, 11) is -14.9. The van der Waals surface area contributed by atoms with E-state index in [0.717, 1.165) is 0 Å². The first-order valence-electron chi connectivity index (χ1n) is 11.2. The lowest BCUT2D eigenvalue weighted by Gasteiger charge is -2.35. The van der Waals surface area contributed by atoms with Crippen molar-refractivity contribution in [3.63, 3.8) is 0 Å². The van der Waals surface area contributed by atoms with Crippen LogP contribution in [0.5, 0.6) is 0 Å². The Bertz CT molecular complexity index is 1300. The highest BCUT2D eigenvalue weighted by Gasteiger charge is 2.86. The summed E-state index contributed by atoms with van der Waals surface area (Å²) in [5.41, 5.74) is 3.31. The van der Waals surface area contributed by atoms with Crippen molar-refractivity contribution in [2.24, 2.45) is 0 Å². The Morgan fingerprint density at radius 2 is 0.854 bits per heavy atom. The Morgan fingerprint density at radius 1 is 0.585 bits per heavy atom. The molecule has 0 amide bonds. The minimum atomic E-state index is -7.64. The Morgan fingerprint density at radius 3 is 1.07 bits per heavy atom. The lowest BCUT2D eigenvalue weighted by molar-refractivity contribution is -0.597. The Labute approximate surface area is 243 Å². The molecular weight excluding hydrogens is 727 g/mol. The van der Waals surface area contributed by atoms with Crippen molar-refractivity contribution >= 4 is 20.2 Å². The molecule has 0 saturated carbocycles. The monoisotopic (exact) mass is 754 g/mol. The molecule has 0 aliphatic heterocycles. The number of halogens is 9. The smallest absolute Gasteiger partial charge is 0.438 e. The van der Waals surface area contributed by atoms with E-state index in [-0.39, 0.29) is 32.0 Å². The number of hydrogen-bond donors (Lipinski definition) is 1. The fraction of sp³-hybridized carbons (Fsp3) is 0.500. The summed E-state index contributed by atoms with van der Waals surface area (Å²) in [6, 6.07) is 18.4. The zero-order valence-electron chi connectivity index (χ0n) is 22.3. The summed E-state index contributed by atoms with van der Waals surface area (Å²) in [5.74, 6) is -15.3. The first-order valence-corrected chi connectivity index (χ1v) is 16.2. The van der Waals surface area contributed by atoms with E-state index >= 15 is 0 Å². The number of hydrogen-bond acceptors (Lipinski definition) is 5. The largest absolute Gasteiger partial charge is 0.743 e. The summed E-state index contributed by atoms with van der Waals surface area (Å²) >= 11 is -0.0703. The molecule has 0 fully saturated rings. The first-order chi connectivity index (χ1) is 17.9. The normalized spacial score (nSPS) is 14.3. The van der Waals surface area contributed by atoms with Gasteiger partial charge in [0.1, 0.15) is 0 Å². The fourth-order valence-electron chi connectivity index (χ4n) is 2.84. The predicted molar refractivity (Wildman–Crippen MR) is 129 cm³/mol. The molecule has 0 radical (unpaired) electrons. The zero-order chi connectivity index (χ0) is 32.7. The van der Waals surface area contributed by atoms with Crippen molar-refractivity contribution in [3.8, 4) is 0 Å². The van der Waals surface area contributed by atoms with Gasteiger partial charge in [0.05, 0.1) is 0 Å². The Kier molecular flexibility index (Phi) is 10.8. The van der Waals surface area contributed by atoms with E-state index in [4.69, 9.17) is 4.55 Å². The highest BCUT2D eigenvalue weighted by molar-refractivity contribution is 7.87. The van der Waals surface area contributed by atoms with Crippen LogP contribution in [0.4, 0.5) is 35.1 Å². The second-order valence-corrected chi connectivity index (χ2v) is 16.6. The quantitative estimate of drug-likeness (QED) is 0.264. The molecular formula is C24H27F8IO6S2. The van der Waals surface area contributed by atoms with Crippen molar-refractivity contribution in [3.05, 3.63) is 66.8 Å². The van der Waals surface area contributed by atoms with Gasteiger partial charge in [0, 0.05) is 0 Å². The summed E-state index contributed by atoms with van der Waals surface area (Å²) in [6.07, 6.45) is 0. The highest BCUT2D eigenvalue weighted by atomic mass is 127. The van der Waals surface area contributed by atoms with E-state index in [1.807, 2.05) is 0 Å². The summed E-state index contributed by atoms with van der Waals surface area (Å²) in [5, 5.41) is -14.5. The molecule has 0 aliphatic carbocycles. The lowest BCUT2D eigenvalue weighted by Crippen LogP contribution is -3.61. The molecule has 0 spiro atoms. The summed E-state index contributed by atoms with van der Waals surface area (Å²) < 4.78 is 159. The molecule has 17 heteroatoms. The highest BCUT2D eigenvalue weighted by Crippen LogP contribution is 2.55. The molecule has 0 saturated heterocycles. The van der Waals surface area contributed by atoms with E-state index < -0.39 is 42.6 Å². The third-order valence-corrected chi connectivity index (χ3v) is 9.87. The SMILES string of the molecule is CC(C)(C)c1ccc([I+]c2ccc(C(C)(C)C)cc2)cc1.O=S(=O)([O-])C(F)(F)C(F)(F)C(F)(F)C(F)(F)S(=O)(=O)O. The van der Waals surface area contributed by atoms with Gasteiger partial charge in [-0.25, -0.2) is 8.42 Å². The van der Waals surface area contributed by atoms with Crippen LogP contribution in [0.2, 0.25) is 0 Å². The molecule has 2 rings (SSSR count). The van der Waals surface area contributed by atoms with Gasteiger partial charge in [-0.2, -0.15) is 43.5 Å². The van der Waals surface area contributed by atoms with Gasteiger partial charge in [-0.05, 0) is 46.2 Å². The minimum absolute atomic E-state index is 0.0703. The molecule has 1 N–H and O–H groups in total. The first kappa shape index (κ1) is 37.5. The van der Waals surface area contributed by atoms with E-state index in [2.05, 4.69) is 90.1 Å². The van der Waals surface area contributed by atoms with Crippen molar-refractivity contribution in [1.29, 1.82) is 0 Å². The Balaban J connectivity index is 0.000000411. The summed E-state index contributed by atoms with van der Waals surface area (Å²) in [4.78, 5) is 0.